The number of ketones is 1. The van der Waals surface area contributed by atoms with Crippen molar-refractivity contribution in [1.29, 1.82) is 5.41 Å². The van der Waals surface area contributed by atoms with Gasteiger partial charge in [0.05, 0.1) is 12.8 Å². The molecule has 1 aromatic heterocycles. The van der Waals surface area contributed by atoms with Crippen LogP contribution in [0.2, 0.25) is 0 Å². The van der Waals surface area contributed by atoms with Crippen LogP contribution in [-0.4, -0.2) is 36.3 Å². The molecule has 0 atom stereocenters. The van der Waals surface area contributed by atoms with E-state index < -0.39 is 30.0 Å². The molecule has 0 aliphatic carbocycles. The molecule has 0 aliphatic rings. The molecule has 136 valence electrons. The third-order valence-electron chi connectivity index (χ3n) is 3.32. The monoisotopic (exact) mass is 363 g/mol. The molecule has 2 N–H and O–H groups in total. The number of aromatic nitrogens is 1. The summed E-state index contributed by atoms with van der Waals surface area (Å²) in [5.41, 5.74) is 1.25. The van der Waals surface area contributed by atoms with E-state index in [0.29, 0.717) is 5.69 Å². The van der Waals surface area contributed by atoms with Gasteiger partial charge in [-0.05, 0) is 12.1 Å². The lowest BCUT2D eigenvalue weighted by Gasteiger charge is -2.10. The molecule has 0 unspecified atom stereocenters. The molecule has 2 rings (SSSR count). The molecule has 0 amide bonds. The van der Waals surface area contributed by atoms with Gasteiger partial charge in [0, 0.05) is 23.5 Å². The minimum Gasteiger partial charge on any atom is -0.491 e. The van der Waals surface area contributed by atoms with Crippen molar-refractivity contribution < 1.29 is 22.7 Å². The SMILES string of the molecule is CO/C(=C/NCC(F)(F)F)C(=O)C(=N)c1ccnc(-c2ccccc2)c1. The fraction of sp³-hybridized carbons (Fsp3) is 0.167. The van der Waals surface area contributed by atoms with Gasteiger partial charge in [0.15, 0.2) is 5.76 Å². The molecule has 1 heterocycles. The summed E-state index contributed by atoms with van der Waals surface area (Å²) in [6, 6.07) is 12.2. The predicted molar refractivity (Wildman–Crippen MR) is 90.7 cm³/mol. The summed E-state index contributed by atoms with van der Waals surface area (Å²) in [5.74, 6) is -1.23. The maximum Gasteiger partial charge on any atom is 0.405 e. The summed E-state index contributed by atoms with van der Waals surface area (Å²) >= 11 is 0. The second kappa shape index (κ2) is 8.28. The van der Waals surface area contributed by atoms with Crippen LogP contribution in [0, 0.1) is 5.41 Å². The van der Waals surface area contributed by atoms with Gasteiger partial charge in [0.25, 0.3) is 0 Å². The highest BCUT2D eigenvalue weighted by atomic mass is 19.4. The van der Waals surface area contributed by atoms with Crippen LogP contribution in [-0.2, 0) is 9.53 Å². The minimum absolute atomic E-state index is 0.280. The Morgan fingerprint density at radius 2 is 1.96 bits per heavy atom. The number of benzene rings is 1. The lowest BCUT2D eigenvalue weighted by atomic mass is 10.0. The van der Waals surface area contributed by atoms with Gasteiger partial charge in [-0.1, -0.05) is 30.3 Å². The maximum absolute atomic E-state index is 12.3. The first-order chi connectivity index (χ1) is 12.3. The number of Topliss-reactive ketones (excluding diaryl/α,β-unsaturated/α-hetero) is 1. The molecule has 0 aliphatic heterocycles. The Kier molecular flexibility index (Phi) is 6.11. The Morgan fingerprint density at radius 1 is 1.27 bits per heavy atom. The van der Waals surface area contributed by atoms with Gasteiger partial charge in [-0.2, -0.15) is 13.2 Å². The average Bonchev–Trinajstić information content (AvgIpc) is 2.64. The van der Waals surface area contributed by atoms with E-state index in [-0.39, 0.29) is 5.56 Å². The topological polar surface area (TPSA) is 75.1 Å². The number of hydrogen-bond donors (Lipinski definition) is 2. The van der Waals surface area contributed by atoms with E-state index in [0.717, 1.165) is 18.9 Å². The molecule has 1 aromatic carbocycles. The van der Waals surface area contributed by atoms with Crippen LogP contribution < -0.4 is 5.32 Å². The Labute approximate surface area is 148 Å². The lowest BCUT2D eigenvalue weighted by Crippen LogP contribution is -2.27. The largest absolute Gasteiger partial charge is 0.491 e. The summed E-state index contributed by atoms with van der Waals surface area (Å²) in [6.45, 7) is -1.31. The number of hydrogen-bond acceptors (Lipinski definition) is 5. The first kappa shape index (κ1) is 19.2. The van der Waals surface area contributed by atoms with E-state index in [1.54, 1.807) is 6.07 Å². The second-order valence-electron chi connectivity index (χ2n) is 5.21. The molecule has 0 saturated heterocycles. The van der Waals surface area contributed by atoms with E-state index in [9.17, 15) is 18.0 Å². The molecule has 0 saturated carbocycles. The number of nitrogens with one attached hydrogen (secondary N) is 2. The molecule has 26 heavy (non-hydrogen) atoms. The number of carbonyl (C=O) groups is 1. The molecule has 0 radical (unpaired) electrons. The van der Waals surface area contributed by atoms with Crippen molar-refractivity contribution in [2.24, 2.45) is 0 Å². The van der Waals surface area contributed by atoms with Crippen molar-refractivity contribution in [1.82, 2.24) is 10.3 Å². The molecular formula is C18H16F3N3O2. The van der Waals surface area contributed by atoms with E-state index in [2.05, 4.69) is 4.98 Å². The molecule has 0 fully saturated rings. The van der Waals surface area contributed by atoms with Gasteiger partial charge in [0.1, 0.15) is 12.3 Å². The zero-order valence-corrected chi connectivity index (χ0v) is 13.8. The second-order valence-corrected chi connectivity index (χ2v) is 5.21. The Hall–Kier alpha value is -3.16. The highest BCUT2D eigenvalue weighted by Crippen LogP contribution is 2.18. The van der Waals surface area contributed by atoms with Gasteiger partial charge < -0.3 is 10.1 Å². The molecule has 0 spiro atoms. The highest BCUT2D eigenvalue weighted by Gasteiger charge is 2.26. The maximum atomic E-state index is 12.3. The predicted octanol–water partition coefficient (Wildman–Crippen LogP) is 3.33. The van der Waals surface area contributed by atoms with Crippen molar-refractivity contribution in [3.8, 4) is 11.3 Å². The van der Waals surface area contributed by atoms with Crippen LogP contribution in [0.15, 0.2) is 60.6 Å². The van der Waals surface area contributed by atoms with Crippen LogP contribution in [0.25, 0.3) is 11.3 Å². The van der Waals surface area contributed by atoms with Crippen LogP contribution in [0.3, 0.4) is 0 Å². The number of rotatable bonds is 7. The van der Waals surface area contributed by atoms with Gasteiger partial charge in [0.2, 0.25) is 5.78 Å². The van der Waals surface area contributed by atoms with Crippen LogP contribution >= 0.6 is 0 Å². The fourth-order valence-corrected chi connectivity index (χ4v) is 2.08. The van der Waals surface area contributed by atoms with Gasteiger partial charge in [-0.15, -0.1) is 0 Å². The normalized spacial score (nSPS) is 11.8. The van der Waals surface area contributed by atoms with Crippen molar-refractivity contribution in [2.45, 2.75) is 6.18 Å². The molecule has 8 heteroatoms. The number of alkyl halides is 3. The van der Waals surface area contributed by atoms with Crippen molar-refractivity contribution in [3.05, 3.63) is 66.2 Å². The van der Waals surface area contributed by atoms with Crippen LogP contribution in [0.4, 0.5) is 13.2 Å². The molecular weight excluding hydrogens is 347 g/mol. The fourth-order valence-electron chi connectivity index (χ4n) is 2.08. The smallest absolute Gasteiger partial charge is 0.405 e. The highest BCUT2D eigenvalue weighted by molar-refractivity contribution is 6.49. The van der Waals surface area contributed by atoms with Crippen molar-refractivity contribution in [3.63, 3.8) is 0 Å². The van der Waals surface area contributed by atoms with Gasteiger partial charge >= 0.3 is 6.18 Å². The van der Waals surface area contributed by atoms with Gasteiger partial charge in [-0.3, -0.25) is 15.2 Å². The first-order valence-electron chi connectivity index (χ1n) is 7.51. The average molecular weight is 363 g/mol. The first-order valence-corrected chi connectivity index (χ1v) is 7.51. The zero-order chi connectivity index (χ0) is 19.2. The molecule has 5 nitrogen and oxygen atoms in total. The van der Waals surface area contributed by atoms with Gasteiger partial charge in [-0.25, -0.2) is 0 Å². The Morgan fingerprint density at radius 3 is 2.58 bits per heavy atom. The third kappa shape index (κ3) is 5.17. The van der Waals surface area contributed by atoms with E-state index in [1.165, 1.54) is 12.3 Å². The summed E-state index contributed by atoms with van der Waals surface area (Å²) in [4.78, 5) is 16.5. The Balaban J connectivity index is 2.19. The number of methoxy groups -OCH3 is 1. The number of pyridine rings is 1. The molecule has 2 aromatic rings. The third-order valence-corrected chi connectivity index (χ3v) is 3.32. The van der Waals surface area contributed by atoms with E-state index >= 15 is 0 Å². The summed E-state index contributed by atoms with van der Waals surface area (Å²) in [7, 11) is 1.15. The van der Waals surface area contributed by atoms with Crippen LogP contribution in [0.5, 0.6) is 0 Å². The van der Waals surface area contributed by atoms with Crippen molar-refractivity contribution in [2.75, 3.05) is 13.7 Å². The van der Waals surface area contributed by atoms with Crippen LogP contribution in [0.1, 0.15) is 5.56 Å². The zero-order valence-electron chi connectivity index (χ0n) is 13.8. The molecule has 0 bridgehead atoms. The number of carbonyl (C=O) groups excluding carboxylic acids is 1. The summed E-state index contributed by atoms with van der Waals surface area (Å²) in [6.07, 6.45) is -2.16. The summed E-state index contributed by atoms with van der Waals surface area (Å²) < 4.78 is 41.3. The number of halogens is 3. The Bertz CT molecular complexity index is 818. The van der Waals surface area contributed by atoms with Crippen molar-refractivity contribution >= 4 is 11.5 Å². The summed E-state index contributed by atoms with van der Waals surface area (Å²) in [5, 5.41) is 10.00. The standard InChI is InChI=1S/C18H16F3N3O2/c1-26-15(10-23-11-18(19,20)21)17(25)16(22)13-7-8-24-14(9-13)12-5-3-2-4-6-12/h2-10,22-23H,11H2,1H3/b15-10+,22-16?. The number of nitrogens with zero attached hydrogens (tertiary/aromatic N) is 1. The number of ether oxygens (including phenoxy) is 1. The minimum atomic E-state index is -4.43. The number of allylic oxidation sites excluding steroid dienone is 1. The van der Waals surface area contributed by atoms with E-state index in [1.807, 2.05) is 35.6 Å². The van der Waals surface area contributed by atoms with E-state index in [4.69, 9.17) is 10.1 Å². The quantitative estimate of drug-likeness (QED) is 0.450. The lowest BCUT2D eigenvalue weighted by molar-refractivity contribution is -0.123.